The van der Waals surface area contributed by atoms with Crippen molar-refractivity contribution < 1.29 is 23.8 Å². The van der Waals surface area contributed by atoms with Crippen LogP contribution in [0, 0.1) is 11.8 Å². The Morgan fingerprint density at radius 1 is 1.00 bits per heavy atom. The molecular weight excluding hydrogens is 332 g/mol. The fourth-order valence-corrected chi connectivity index (χ4v) is 2.51. The van der Waals surface area contributed by atoms with E-state index in [2.05, 4.69) is 0 Å². The molecule has 146 valence electrons. The summed E-state index contributed by atoms with van der Waals surface area (Å²) in [5.41, 5.74) is -0.569. The first kappa shape index (κ1) is 22.0. The second kappa shape index (κ2) is 9.60. The molecule has 0 saturated carbocycles. The van der Waals surface area contributed by atoms with E-state index < -0.39 is 29.6 Å². The summed E-state index contributed by atoms with van der Waals surface area (Å²) in [4.78, 5) is 24.2. The SMILES string of the molecule is CC(C)[C@@H](Oc1ccccc1)[C@H](C)OC(=O)[C@H](C)CC(=O)OC(C)(C)C. The summed E-state index contributed by atoms with van der Waals surface area (Å²) in [7, 11) is 0. The summed E-state index contributed by atoms with van der Waals surface area (Å²) in [5, 5.41) is 0. The van der Waals surface area contributed by atoms with Gasteiger partial charge in [0, 0.05) is 0 Å². The zero-order valence-corrected chi connectivity index (χ0v) is 16.9. The smallest absolute Gasteiger partial charge is 0.309 e. The van der Waals surface area contributed by atoms with Crippen LogP contribution in [0.3, 0.4) is 0 Å². The first-order valence-corrected chi connectivity index (χ1v) is 9.13. The Morgan fingerprint density at radius 2 is 1.58 bits per heavy atom. The molecule has 3 atom stereocenters. The van der Waals surface area contributed by atoms with Crippen molar-refractivity contribution >= 4 is 11.9 Å². The minimum absolute atomic E-state index is 0.00525. The molecule has 0 aliphatic heterocycles. The third-order valence-corrected chi connectivity index (χ3v) is 3.73. The van der Waals surface area contributed by atoms with Gasteiger partial charge in [0.05, 0.1) is 12.3 Å². The van der Waals surface area contributed by atoms with Gasteiger partial charge in [-0.05, 0) is 45.7 Å². The van der Waals surface area contributed by atoms with E-state index in [0.29, 0.717) is 0 Å². The van der Waals surface area contributed by atoms with Crippen LogP contribution >= 0.6 is 0 Å². The molecule has 26 heavy (non-hydrogen) atoms. The monoisotopic (exact) mass is 364 g/mol. The van der Waals surface area contributed by atoms with Gasteiger partial charge in [0.2, 0.25) is 0 Å². The van der Waals surface area contributed by atoms with Crippen molar-refractivity contribution in [3.63, 3.8) is 0 Å². The van der Waals surface area contributed by atoms with Gasteiger partial charge in [-0.1, -0.05) is 39.0 Å². The van der Waals surface area contributed by atoms with Crippen LogP contribution in [0.25, 0.3) is 0 Å². The highest BCUT2D eigenvalue weighted by Gasteiger charge is 2.29. The number of ether oxygens (including phenoxy) is 3. The van der Waals surface area contributed by atoms with E-state index in [0.717, 1.165) is 5.75 Å². The Labute approximate surface area is 157 Å². The van der Waals surface area contributed by atoms with E-state index in [1.54, 1.807) is 27.7 Å². The maximum absolute atomic E-state index is 12.3. The van der Waals surface area contributed by atoms with Crippen LogP contribution in [-0.4, -0.2) is 29.7 Å². The largest absolute Gasteiger partial charge is 0.486 e. The van der Waals surface area contributed by atoms with Gasteiger partial charge in [-0.2, -0.15) is 0 Å². The van der Waals surface area contributed by atoms with Crippen molar-refractivity contribution in [2.45, 2.75) is 72.7 Å². The number of esters is 2. The molecule has 0 aliphatic carbocycles. The average Bonchev–Trinajstić information content (AvgIpc) is 2.51. The predicted octanol–water partition coefficient (Wildman–Crippen LogP) is 4.39. The van der Waals surface area contributed by atoms with Gasteiger partial charge in [-0.3, -0.25) is 9.59 Å². The fraction of sp³-hybridized carbons (Fsp3) is 0.619. The Kier molecular flexibility index (Phi) is 8.12. The Balaban J connectivity index is 2.63. The predicted molar refractivity (Wildman–Crippen MR) is 101 cm³/mol. The van der Waals surface area contributed by atoms with Gasteiger partial charge < -0.3 is 14.2 Å². The summed E-state index contributed by atoms with van der Waals surface area (Å²) >= 11 is 0. The molecule has 1 aromatic carbocycles. The average molecular weight is 364 g/mol. The normalized spacial score (nSPS) is 15.1. The molecular formula is C21H32O5. The quantitative estimate of drug-likeness (QED) is 0.640. The molecule has 1 rings (SSSR count). The minimum Gasteiger partial charge on any atom is -0.486 e. The second-order valence-corrected chi connectivity index (χ2v) is 7.97. The number of benzene rings is 1. The van der Waals surface area contributed by atoms with Crippen molar-refractivity contribution in [1.82, 2.24) is 0 Å². The molecule has 1 aromatic rings. The highest BCUT2D eigenvalue weighted by molar-refractivity contribution is 5.79. The van der Waals surface area contributed by atoms with Crippen LogP contribution in [0.2, 0.25) is 0 Å². The molecule has 0 saturated heterocycles. The van der Waals surface area contributed by atoms with Crippen LogP contribution in [0.4, 0.5) is 0 Å². The van der Waals surface area contributed by atoms with E-state index >= 15 is 0 Å². The number of hydrogen-bond donors (Lipinski definition) is 0. The maximum atomic E-state index is 12.3. The van der Waals surface area contributed by atoms with Gasteiger partial charge in [-0.15, -0.1) is 0 Å². The standard InChI is InChI=1S/C21H32O5/c1-14(2)19(25-17-11-9-8-10-12-17)16(4)24-20(23)15(3)13-18(22)26-21(5,6)7/h8-12,14-16,19H,13H2,1-7H3/t15-,16+,19-/m1/s1. The zero-order chi connectivity index (χ0) is 19.9. The molecule has 0 radical (unpaired) electrons. The third-order valence-electron chi connectivity index (χ3n) is 3.73. The molecule has 0 bridgehead atoms. The summed E-state index contributed by atoms with van der Waals surface area (Å²) in [6.45, 7) is 12.9. The van der Waals surface area contributed by atoms with Gasteiger partial charge in [0.15, 0.2) is 0 Å². The minimum atomic E-state index is -0.572. The van der Waals surface area contributed by atoms with E-state index in [1.165, 1.54) is 0 Å². The number of carbonyl (C=O) groups is 2. The fourth-order valence-electron chi connectivity index (χ4n) is 2.51. The molecule has 5 heteroatoms. The van der Waals surface area contributed by atoms with Crippen LogP contribution in [0.15, 0.2) is 30.3 Å². The van der Waals surface area contributed by atoms with Crippen LogP contribution < -0.4 is 4.74 Å². The third kappa shape index (κ3) is 7.89. The summed E-state index contributed by atoms with van der Waals surface area (Å²) in [5.74, 6) is -0.520. The van der Waals surface area contributed by atoms with Crippen molar-refractivity contribution in [1.29, 1.82) is 0 Å². The van der Waals surface area contributed by atoms with Gasteiger partial charge >= 0.3 is 11.9 Å². The summed E-state index contributed by atoms with van der Waals surface area (Å²) in [6.07, 6.45) is -0.729. The van der Waals surface area contributed by atoms with E-state index in [-0.39, 0.29) is 18.4 Å². The lowest BCUT2D eigenvalue weighted by Crippen LogP contribution is -2.39. The summed E-state index contributed by atoms with van der Waals surface area (Å²) in [6, 6.07) is 9.45. The van der Waals surface area contributed by atoms with Crippen LogP contribution in [0.5, 0.6) is 5.75 Å². The Bertz CT molecular complexity index is 574. The molecule has 0 spiro atoms. The number of rotatable bonds is 8. The molecule has 0 aromatic heterocycles. The summed E-state index contributed by atoms with van der Waals surface area (Å²) < 4.78 is 16.8. The Morgan fingerprint density at radius 3 is 2.08 bits per heavy atom. The Hall–Kier alpha value is -2.04. The number of hydrogen-bond acceptors (Lipinski definition) is 5. The lowest BCUT2D eigenvalue weighted by Gasteiger charge is -2.29. The molecule has 0 heterocycles. The van der Waals surface area contributed by atoms with Crippen molar-refractivity contribution in [3.05, 3.63) is 30.3 Å². The lowest BCUT2D eigenvalue weighted by molar-refractivity contribution is -0.165. The van der Waals surface area contributed by atoms with Gasteiger partial charge in [0.25, 0.3) is 0 Å². The van der Waals surface area contributed by atoms with E-state index in [4.69, 9.17) is 14.2 Å². The van der Waals surface area contributed by atoms with Crippen molar-refractivity contribution in [2.24, 2.45) is 11.8 Å². The van der Waals surface area contributed by atoms with E-state index in [1.807, 2.05) is 51.1 Å². The lowest BCUT2D eigenvalue weighted by atomic mass is 10.0. The second-order valence-electron chi connectivity index (χ2n) is 7.97. The number of para-hydroxylation sites is 1. The molecule has 5 nitrogen and oxygen atoms in total. The van der Waals surface area contributed by atoms with Crippen molar-refractivity contribution in [3.8, 4) is 5.75 Å². The first-order chi connectivity index (χ1) is 12.0. The topological polar surface area (TPSA) is 61.8 Å². The molecule has 0 N–H and O–H groups in total. The zero-order valence-electron chi connectivity index (χ0n) is 16.9. The van der Waals surface area contributed by atoms with Gasteiger partial charge in [-0.25, -0.2) is 0 Å². The van der Waals surface area contributed by atoms with Crippen LogP contribution in [-0.2, 0) is 19.1 Å². The highest BCUT2D eigenvalue weighted by Crippen LogP contribution is 2.21. The van der Waals surface area contributed by atoms with Crippen molar-refractivity contribution in [2.75, 3.05) is 0 Å². The molecule has 0 fully saturated rings. The molecule has 0 unspecified atom stereocenters. The van der Waals surface area contributed by atoms with Gasteiger partial charge in [0.1, 0.15) is 23.6 Å². The number of carbonyl (C=O) groups excluding carboxylic acids is 2. The maximum Gasteiger partial charge on any atom is 0.309 e. The first-order valence-electron chi connectivity index (χ1n) is 9.13. The highest BCUT2D eigenvalue weighted by atomic mass is 16.6. The van der Waals surface area contributed by atoms with E-state index in [9.17, 15) is 9.59 Å². The molecule has 0 amide bonds. The van der Waals surface area contributed by atoms with Crippen LogP contribution in [0.1, 0.15) is 54.9 Å². The molecule has 0 aliphatic rings.